The molecule has 0 aliphatic rings. The molecule has 7 heteroatoms. The summed E-state index contributed by atoms with van der Waals surface area (Å²) in [5, 5.41) is 6.66. The van der Waals surface area contributed by atoms with Gasteiger partial charge in [-0.05, 0) is 26.1 Å². The average molecular weight is 476 g/mol. The molecular weight excluding hydrogens is 443 g/mol. The van der Waals surface area contributed by atoms with Crippen molar-refractivity contribution in [3.8, 4) is 5.75 Å². The largest absolute Gasteiger partial charge is 0.489 e. The topological polar surface area (TPSA) is 58.1 Å². The van der Waals surface area contributed by atoms with Gasteiger partial charge in [0, 0.05) is 39.4 Å². The molecule has 1 aromatic rings. The van der Waals surface area contributed by atoms with Gasteiger partial charge in [-0.3, -0.25) is 4.99 Å². The van der Waals surface area contributed by atoms with Crippen molar-refractivity contribution in [2.75, 3.05) is 54.1 Å². The highest BCUT2D eigenvalue weighted by Gasteiger charge is 2.04. The smallest absolute Gasteiger partial charge is 0.191 e. The number of para-hydroxylation sites is 1. The van der Waals surface area contributed by atoms with Crippen LogP contribution in [0, 0.1) is 0 Å². The normalized spacial score (nSPS) is 11.0. The molecule has 1 rings (SSSR count). The van der Waals surface area contributed by atoms with Gasteiger partial charge >= 0.3 is 0 Å². The van der Waals surface area contributed by atoms with Gasteiger partial charge in [-0.25, -0.2) is 0 Å². The van der Waals surface area contributed by atoms with Crippen LogP contribution in [-0.2, 0) is 11.3 Å². The van der Waals surface area contributed by atoms with Crippen molar-refractivity contribution in [2.45, 2.75) is 13.0 Å². The zero-order valence-corrected chi connectivity index (χ0v) is 18.5. The molecular formula is C19H33IN4O2. The molecule has 0 bridgehead atoms. The highest BCUT2D eigenvalue weighted by Crippen LogP contribution is 2.17. The van der Waals surface area contributed by atoms with Crippen molar-refractivity contribution in [3.05, 3.63) is 42.5 Å². The molecule has 6 nitrogen and oxygen atoms in total. The third-order valence-electron chi connectivity index (χ3n) is 3.69. The number of nitrogens with zero attached hydrogens (tertiary/aromatic N) is 2. The SMILES string of the molecule is C=CCOc1ccccc1CNC(=NC)NCCCN(C)CCOC.I. The molecule has 0 aliphatic heterocycles. The number of likely N-dealkylation sites (N-methyl/N-ethyl adjacent to an activating group) is 1. The minimum absolute atomic E-state index is 0. The monoisotopic (exact) mass is 476 g/mol. The lowest BCUT2D eigenvalue weighted by Gasteiger charge is -2.17. The van der Waals surface area contributed by atoms with E-state index in [1.807, 2.05) is 24.3 Å². The summed E-state index contributed by atoms with van der Waals surface area (Å²) in [6.45, 7) is 8.44. The van der Waals surface area contributed by atoms with E-state index in [1.165, 1.54) is 0 Å². The Labute approximate surface area is 175 Å². The van der Waals surface area contributed by atoms with Crippen LogP contribution in [0.3, 0.4) is 0 Å². The Morgan fingerprint density at radius 1 is 1.27 bits per heavy atom. The molecule has 0 radical (unpaired) electrons. The lowest BCUT2D eigenvalue weighted by Crippen LogP contribution is -2.38. The van der Waals surface area contributed by atoms with Crippen molar-refractivity contribution in [1.82, 2.24) is 15.5 Å². The summed E-state index contributed by atoms with van der Waals surface area (Å²) >= 11 is 0. The van der Waals surface area contributed by atoms with E-state index in [9.17, 15) is 0 Å². The van der Waals surface area contributed by atoms with E-state index in [2.05, 4.69) is 34.2 Å². The summed E-state index contributed by atoms with van der Waals surface area (Å²) < 4.78 is 10.8. The van der Waals surface area contributed by atoms with Crippen molar-refractivity contribution in [1.29, 1.82) is 0 Å². The molecule has 0 unspecified atom stereocenters. The highest BCUT2D eigenvalue weighted by molar-refractivity contribution is 14.0. The maximum absolute atomic E-state index is 5.68. The summed E-state index contributed by atoms with van der Waals surface area (Å²) in [6, 6.07) is 7.98. The van der Waals surface area contributed by atoms with Crippen molar-refractivity contribution < 1.29 is 9.47 Å². The molecule has 0 saturated heterocycles. The third-order valence-corrected chi connectivity index (χ3v) is 3.69. The number of nitrogens with one attached hydrogen (secondary N) is 2. The number of guanidine groups is 1. The Morgan fingerprint density at radius 2 is 2.04 bits per heavy atom. The number of halogens is 1. The molecule has 0 aromatic heterocycles. The van der Waals surface area contributed by atoms with E-state index in [1.54, 1.807) is 20.2 Å². The quantitative estimate of drug-likeness (QED) is 0.160. The Bertz CT molecular complexity index is 526. The molecule has 148 valence electrons. The molecule has 2 N–H and O–H groups in total. The maximum Gasteiger partial charge on any atom is 0.191 e. The Balaban J connectivity index is 0.00000625. The van der Waals surface area contributed by atoms with Crippen LogP contribution < -0.4 is 15.4 Å². The van der Waals surface area contributed by atoms with Crippen LogP contribution in [0.5, 0.6) is 5.75 Å². The first kappa shape index (κ1) is 24.7. The molecule has 0 saturated carbocycles. The number of aliphatic imine (C=N–C) groups is 1. The summed E-state index contributed by atoms with van der Waals surface area (Å²) in [6.07, 6.45) is 2.79. The van der Waals surface area contributed by atoms with E-state index < -0.39 is 0 Å². The van der Waals surface area contributed by atoms with Gasteiger partial charge in [0.1, 0.15) is 12.4 Å². The van der Waals surface area contributed by atoms with Crippen LogP contribution >= 0.6 is 24.0 Å². The first-order chi connectivity index (χ1) is 12.2. The van der Waals surface area contributed by atoms with Gasteiger partial charge in [0.2, 0.25) is 0 Å². The Hall–Kier alpha value is -1.32. The van der Waals surface area contributed by atoms with Crippen LogP contribution in [0.1, 0.15) is 12.0 Å². The fourth-order valence-corrected chi connectivity index (χ4v) is 2.25. The van der Waals surface area contributed by atoms with Crippen LogP contribution in [0.25, 0.3) is 0 Å². The standard InChI is InChI=1S/C19H32N4O2.HI/c1-5-14-25-18-10-7-6-9-17(18)16-22-19(20-2)21-11-8-12-23(3)13-15-24-4;/h5-7,9-10H,1,8,11-16H2,2-4H3,(H2,20,21,22);1H. The molecule has 0 spiro atoms. The van der Waals surface area contributed by atoms with E-state index in [0.29, 0.717) is 13.2 Å². The second-order valence-electron chi connectivity index (χ2n) is 5.71. The number of ether oxygens (including phenoxy) is 2. The molecule has 0 atom stereocenters. The van der Waals surface area contributed by atoms with E-state index >= 15 is 0 Å². The van der Waals surface area contributed by atoms with Gasteiger partial charge < -0.3 is 25.0 Å². The van der Waals surface area contributed by atoms with Crippen molar-refractivity contribution in [2.24, 2.45) is 4.99 Å². The van der Waals surface area contributed by atoms with Crippen molar-refractivity contribution >= 4 is 29.9 Å². The average Bonchev–Trinajstić information content (AvgIpc) is 2.64. The predicted octanol–water partition coefficient (Wildman–Crippen LogP) is 2.50. The fourth-order valence-electron chi connectivity index (χ4n) is 2.25. The number of hydrogen-bond donors (Lipinski definition) is 2. The highest BCUT2D eigenvalue weighted by atomic mass is 127. The minimum Gasteiger partial charge on any atom is -0.489 e. The van der Waals surface area contributed by atoms with Crippen LogP contribution in [-0.4, -0.2) is 64.9 Å². The van der Waals surface area contributed by atoms with Crippen LogP contribution in [0.2, 0.25) is 0 Å². The summed E-state index contributed by atoms with van der Waals surface area (Å²) in [5.41, 5.74) is 1.09. The van der Waals surface area contributed by atoms with Gasteiger partial charge in [-0.1, -0.05) is 30.9 Å². The van der Waals surface area contributed by atoms with Gasteiger partial charge in [-0.15, -0.1) is 24.0 Å². The number of rotatable bonds is 12. The molecule has 1 aromatic carbocycles. The third kappa shape index (κ3) is 10.6. The summed E-state index contributed by atoms with van der Waals surface area (Å²) in [4.78, 5) is 6.52. The lowest BCUT2D eigenvalue weighted by molar-refractivity contribution is 0.161. The fraction of sp³-hybridized carbons (Fsp3) is 0.526. The molecule has 0 amide bonds. The zero-order chi connectivity index (χ0) is 18.3. The summed E-state index contributed by atoms with van der Waals surface area (Å²) in [7, 11) is 5.61. The predicted molar refractivity (Wildman–Crippen MR) is 120 cm³/mol. The van der Waals surface area contributed by atoms with Crippen molar-refractivity contribution in [3.63, 3.8) is 0 Å². The molecule has 26 heavy (non-hydrogen) atoms. The zero-order valence-electron chi connectivity index (χ0n) is 16.2. The number of hydrogen-bond acceptors (Lipinski definition) is 4. The second-order valence-corrected chi connectivity index (χ2v) is 5.71. The molecule has 0 heterocycles. The first-order valence-electron chi connectivity index (χ1n) is 8.64. The lowest BCUT2D eigenvalue weighted by atomic mass is 10.2. The Kier molecular flexibility index (Phi) is 15.1. The van der Waals surface area contributed by atoms with Gasteiger partial charge in [0.25, 0.3) is 0 Å². The van der Waals surface area contributed by atoms with Crippen LogP contribution in [0.4, 0.5) is 0 Å². The molecule has 0 aliphatic carbocycles. The van der Waals surface area contributed by atoms with Gasteiger partial charge in [0.05, 0.1) is 6.61 Å². The number of benzene rings is 1. The number of methoxy groups -OCH3 is 1. The van der Waals surface area contributed by atoms with E-state index in [0.717, 1.165) is 49.9 Å². The second kappa shape index (κ2) is 15.9. The Morgan fingerprint density at radius 3 is 2.73 bits per heavy atom. The maximum atomic E-state index is 5.68. The van der Waals surface area contributed by atoms with Crippen LogP contribution in [0.15, 0.2) is 41.9 Å². The van der Waals surface area contributed by atoms with E-state index in [4.69, 9.17) is 9.47 Å². The van der Waals surface area contributed by atoms with Gasteiger partial charge in [0.15, 0.2) is 5.96 Å². The van der Waals surface area contributed by atoms with Gasteiger partial charge in [-0.2, -0.15) is 0 Å². The van der Waals surface area contributed by atoms with E-state index in [-0.39, 0.29) is 24.0 Å². The molecule has 0 fully saturated rings. The first-order valence-corrected chi connectivity index (χ1v) is 8.64. The minimum atomic E-state index is 0. The summed E-state index contributed by atoms with van der Waals surface area (Å²) in [5.74, 6) is 1.66.